The molecule has 0 radical (unpaired) electrons. The molecule has 0 unspecified atom stereocenters. The molecule has 2 heterocycles. The van der Waals surface area contributed by atoms with E-state index in [0.717, 1.165) is 44.6 Å². The first kappa shape index (κ1) is 25.8. The molecule has 2 aromatic carbocycles. The van der Waals surface area contributed by atoms with Crippen molar-refractivity contribution < 1.29 is 22.3 Å². The maximum atomic E-state index is 14.5. The number of nitrogens with two attached hydrogens (primary N) is 1. The summed E-state index contributed by atoms with van der Waals surface area (Å²) < 4.78 is 49.4. The second kappa shape index (κ2) is 11.2. The molecule has 4 N–H and O–H groups in total. The second-order valence-electron chi connectivity index (χ2n) is 8.45. The van der Waals surface area contributed by atoms with Gasteiger partial charge in [0, 0.05) is 37.1 Å². The van der Waals surface area contributed by atoms with Crippen LogP contribution in [0.25, 0.3) is 0 Å². The molecular weight excluding hydrogens is 487 g/mol. The number of hydrogen-bond acceptors (Lipinski definition) is 9. The van der Waals surface area contributed by atoms with Crippen molar-refractivity contribution in [1.82, 2.24) is 14.9 Å². The molecule has 3 aromatic rings. The van der Waals surface area contributed by atoms with E-state index in [2.05, 4.69) is 25.5 Å². The van der Waals surface area contributed by atoms with Crippen LogP contribution < -0.4 is 20.5 Å². The lowest BCUT2D eigenvalue weighted by atomic mass is 10.2. The average Bonchev–Trinajstić information content (AvgIpc) is 2.84. The van der Waals surface area contributed by atoms with Crippen LogP contribution in [0.5, 0.6) is 5.75 Å². The number of nitrogens with one attached hydrogen (secondary N) is 2. The molecule has 1 fully saturated rings. The van der Waals surface area contributed by atoms with Gasteiger partial charge in [-0.1, -0.05) is 12.1 Å². The zero-order chi connectivity index (χ0) is 25.7. The van der Waals surface area contributed by atoms with Crippen molar-refractivity contribution in [1.29, 1.82) is 0 Å². The summed E-state index contributed by atoms with van der Waals surface area (Å²) in [5.41, 5.74) is 2.46. The fourth-order valence-corrected chi connectivity index (χ4v) is 4.52. The van der Waals surface area contributed by atoms with Gasteiger partial charge in [-0.15, -0.1) is 0 Å². The van der Waals surface area contributed by atoms with Crippen molar-refractivity contribution in [2.45, 2.75) is 18.7 Å². The Labute approximate surface area is 209 Å². The minimum atomic E-state index is -3.90. The van der Waals surface area contributed by atoms with E-state index in [4.69, 9.17) is 14.6 Å². The van der Waals surface area contributed by atoms with Gasteiger partial charge in [0.2, 0.25) is 16.0 Å². The molecule has 0 bridgehead atoms. The maximum Gasteiger partial charge on any atom is 0.238 e. The number of sulfonamides is 1. The molecule has 10 nitrogen and oxygen atoms in total. The summed E-state index contributed by atoms with van der Waals surface area (Å²) in [6.07, 6.45) is 1.03. The number of hydrogen-bond donors (Lipinski definition) is 3. The highest BCUT2D eigenvalue weighted by molar-refractivity contribution is 7.89. The van der Waals surface area contributed by atoms with E-state index in [1.807, 2.05) is 13.0 Å². The van der Waals surface area contributed by atoms with Crippen LogP contribution in [0.1, 0.15) is 11.1 Å². The quantitative estimate of drug-likeness (QED) is 0.393. The number of aromatic nitrogens is 2. The molecule has 1 aliphatic rings. The highest BCUT2D eigenvalue weighted by Gasteiger charge is 2.14. The number of aryl methyl sites for hydroxylation is 2. The molecule has 12 heteroatoms. The number of rotatable bonds is 9. The van der Waals surface area contributed by atoms with Gasteiger partial charge in [-0.2, -0.15) is 4.98 Å². The Bertz CT molecular complexity index is 1330. The van der Waals surface area contributed by atoms with E-state index in [1.165, 1.54) is 6.07 Å². The number of primary sulfonamides is 1. The summed E-state index contributed by atoms with van der Waals surface area (Å²) in [6.45, 7) is 8.15. The van der Waals surface area contributed by atoms with Crippen LogP contribution in [0.15, 0.2) is 47.5 Å². The van der Waals surface area contributed by atoms with E-state index in [9.17, 15) is 12.8 Å². The molecule has 0 spiro atoms. The van der Waals surface area contributed by atoms with Gasteiger partial charge in [0.1, 0.15) is 12.4 Å². The van der Waals surface area contributed by atoms with Crippen LogP contribution in [0.3, 0.4) is 0 Å². The molecule has 1 aromatic heterocycles. The zero-order valence-corrected chi connectivity index (χ0v) is 20.9. The van der Waals surface area contributed by atoms with Crippen LogP contribution in [0, 0.1) is 19.7 Å². The van der Waals surface area contributed by atoms with Crippen molar-refractivity contribution in [3.05, 3.63) is 59.5 Å². The summed E-state index contributed by atoms with van der Waals surface area (Å²) in [7, 11) is -3.90. The zero-order valence-electron chi connectivity index (χ0n) is 20.1. The number of halogens is 1. The van der Waals surface area contributed by atoms with Crippen molar-refractivity contribution >= 4 is 33.2 Å². The number of nitrogens with zero attached hydrogens (tertiary/aromatic N) is 3. The van der Waals surface area contributed by atoms with Crippen LogP contribution in [0.4, 0.5) is 27.5 Å². The SMILES string of the molecule is Cc1ccc(Nc2nc(Nc3ccc(C)c(S(N)(=O)=O)c3)ncc2F)cc1OCCN1CCOCC1. The Hall–Kier alpha value is -3.32. The summed E-state index contributed by atoms with van der Waals surface area (Å²) >= 11 is 0. The highest BCUT2D eigenvalue weighted by atomic mass is 32.2. The van der Waals surface area contributed by atoms with Crippen molar-refractivity contribution in [2.24, 2.45) is 5.14 Å². The Balaban J connectivity index is 1.46. The van der Waals surface area contributed by atoms with Gasteiger partial charge >= 0.3 is 0 Å². The van der Waals surface area contributed by atoms with E-state index in [1.54, 1.807) is 31.2 Å². The first-order chi connectivity index (χ1) is 17.2. The second-order valence-corrected chi connectivity index (χ2v) is 9.98. The fourth-order valence-electron chi connectivity index (χ4n) is 3.71. The third-order valence-electron chi connectivity index (χ3n) is 5.71. The number of ether oxygens (including phenoxy) is 2. The molecular formula is C24H29FN6O4S. The van der Waals surface area contributed by atoms with Gasteiger partial charge in [0.25, 0.3) is 0 Å². The predicted molar refractivity (Wildman–Crippen MR) is 135 cm³/mol. The molecule has 0 aliphatic carbocycles. The summed E-state index contributed by atoms with van der Waals surface area (Å²) in [5.74, 6) is 0.0768. The van der Waals surface area contributed by atoms with Gasteiger partial charge in [0.05, 0.1) is 24.3 Å². The van der Waals surface area contributed by atoms with Gasteiger partial charge < -0.3 is 20.1 Å². The van der Waals surface area contributed by atoms with Gasteiger partial charge in [-0.25, -0.2) is 22.9 Å². The van der Waals surface area contributed by atoms with Gasteiger partial charge in [-0.3, -0.25) is 4.90 Å². The highest BCUT2D eigenvalue weighted by Crippen LogP contribution is 2.27. The van der Waals surface area contributed by atoms with E-state index < -0.39 is 15.8 Å². The topological polar surface area (TPSA) is 132 Å². The fraction of sp³-hybridized carbons (Fsp3) is 0.333. The molecule has 192 valence electrons. The van der Waals surface area contributed by atoms with Crippen molar-refractivity contribution in [3.63, 3.8) is 0 Å². The van der Waals surface area contributed by atoms with Crippen LogP contribution in [0.2, 0.25) is 0 Å². The van der Waals surface area contributed by atoms with Crippen LogP contribution in [-0.4, -0.2) is 62.7 Å². The maximum absolute atomic E-state index is 14.5. The third kappa shape index (κ3) is 6.66. The Morgan fingerprint density at radius 2 is 1.78 bits per heavy atom. The van der Waals surface area contributed by atoms with E-state index in [0.29, 0.717) is 29.3 Å². The minimum absolute atomic E-state index is 0.0197. The van der Waals surface area contributed by atoms with Crippen molar-refractivity contribution in [2.75, 3.05) is 50.1 Å². The molecule has 1 aliphatic heterocycles. The molecule has 36 heavy (non-hydrogen) atoms. The lowest BCUT2D eigenvalue weighted by Crippen LogP contribution is -2.38. The largest absolute Gasteiger partial charge is 0.492 e. The van der Waals surface area contributed by atoms with E-state index >= 15 is 0 Å². The molecule has 4 rings (SSSR count). The van der Waals surface area contributed by atoms with Crippen LogP contribution >= 0.6 is 0 Å². The van der Waals surface area contributed by atoms with Gasteiger partial charge in [-0.05, 0) is 43.2 Å². The Morgan fingerprint density at radius 3 is 2.50 bits per heavy atom. The smallest absolute Gasteiger partial charge is 0.238 e. The molecule has 0 atom stereocenters. The molecule has 0 saturated carbocycles. The lowest BCUT2D eigenvalue weighted by Gasteiger charge is -2.26. The summed E-state index contributed by atoms with van der Waals surface area (Å²) in [4.78, 5) is 10.4. The van der Waals surface area contributed by atoms with Gasteiger partial charge in [0.15, 0.2) is 11.6 Å². The standard InChI is InChI=1S/C24H29FN6O4S/c1-16-3-5-18(13-21(16)35-12-9-31-7-10-34-11-8-31)28-23-20(25)15-27-24(30-23)29-19-6-4-17(2)22(14-19)36(26,32)33/h3-6,13-15H,7-12H2,1-2H3,(H2,26,32,33)(H2,27,28,29,30). The first-order valence-electron chi connectivity index (χ1n) is 11.4. The van der Waals surface area contributed by atoms with Crippen molar-refractivity contribution in [3.8, 4) is 5.75 Å². The Kier molecular flexibility index (Phi) is 7.99. The molecule has 1 saturated heterocycles. The number of morpholine rings is 1. The number of anilines is 4. The monoisotopic (exact) mass is 516 g/mol. The minimum Gasteiger partial charge on any atom is -0.492 e. The van der Waals surface area contributed by atoms with Crippen LogP contribution in [-0.2, 0) is 14.8 Å². The number of benzene rings is 2. The van der Waals surface area contributed by atoms with E-state index in [-0.39, 0.29) is 16.7 Å². The summed E-state index contributed by atoms with van der Waals surface area (Å²) in [5, 5.41) is 11.1. The predicted octanol–water partition coefficient (Wildman–Crippen LogP) is 3.08. The lowest BCUT2D eigenvalue weighted by molar-refractivity contribution is 0.0322. The Morgan fingerprint density at radius 1 is 1.08 bits per heavy atom. The third-order valence-corrected chi connectivity index (χ3v) is 6.77. The normalized spacial score (nSPS) is 14.4. The first-order valence-corrected chi connectivity index (χ1v) is 13.0. The summed E-state index contributed by atoms with van der Waals surface area (Å²) in [6, 6.07) is 10.1. The molecule has 0 amide bonds. The average molecular weight is 517 g/mol.